The Balaban J connectivity index is 1.01. The highest BCUT2D eigenvalue weighted by Crippen LogP contribution is 2.55. The fraction of sp³-hybridized carbons (Fsp3) is 0. The fourth-order valence-corrected chi connectivity index (χ4v) is 9.54. The van der Waals surface area contributed by atoms with Crippen LogP contribution < -0.4 is 14.5 Å². The predicted molar refractivity (Wildman–Crippen MR) is 265 cm³/mol. The van der Waals surface area contributed by atoms with Crippen LogP contribution in [0.25, 0.3) is 65.7 Å². The number of nitrogens with zero attached hydrogens (tertiary/aromatic N) is 2. The first kappa shape index (κ1) is 36.5. The number of hydrogen-bond acceptors (Lipinski definition) is 3. The summed E-state index contributed by atoms with van der Waals surface area (Å²) in [5.74, 6) is 1.67. The van der Waals surface area contributed by atoms with Crippen LogP contribution >= 0.6 is 0 Å². The highest BCUT2D eigenvalue weighted by Gasteiger charge is 2.28. The number of para-hydroxylation sites is 3. The lowest BCUT2D eigenvalue weighted by atomic mass is 9.92. The summed E-state index contributed by atoms with van der Waals surface area (Å²) in [6, 6.07) is 86.9. The number of ether oxygens (including phenoxy) is 1. The van der Waals surface area contributed by atoms with E-state index >= 15 is 0 Å². The molecule has 0 atom stereocenters. The van der Waals surface area contributed by atoms with Crippen LogP contribution in [0.3, 0.4) is 0 Å². The zero-order valence-electron chi connectivity index (χ0n) is 34.4. The van der Waals surface area contributed by atoms with Gasteiger partial charge in [-0.3, -0.25) is 0 Å². The minimum Gasteiger partial charge on any atom is -0.454 e. The maximum absolute atomic E-state index is 7.09. The van der Waals surface area contributed by atoms with E-state index < -0.39 is 0 Å². The second-order valence-electron chi connectivity index (χ2n) is 16.1. The van der Waals surface area contributed by atoms with Crippen LogP contribution in [0.5, 0.6) is 11.5 Å². The predicted octanol–water partition coefficient (Wildman–Crippen LogP) is 17.2. The summed E-state index contributed by atoms with van der Waals surface area (Å²) >= 11 is 0. The number of rotatable bonds is 8. The molecule has 0 N–H and O–H groups in total. The third kappa shape index (κ3) is 6.29. The molecule has 3 nitrogen and oxygen atoms in total. The van der Waals surface area contributed by atoms with E-state index in [2.05, 4.69) is 252 Å². The number of fused-ring (bicyclic) bond motifs is 4. The molecule has 1 aliphatic heterocycles. The molecule has 0 amide bonds. The van der Waals surface area contributed by atoms with Crippen LogP contribution in [-0.2, 0) is 0 Å². The topological polar surface area (TPSA) is 15.7 Å². The van der Waals surface area contributed by atoms with Crippen molar-refractivity contribution in [3.05, 3.63) is 243 Å². The normalized spacial score (nSPS) is 11.6. The summed E-state index contributed by atoms with van der Waals surface area (Å²) in [6.45, 7) is 0. The molecule has 0 spiro atoms. The summed E-state index contributed by atoms with van der Waals surface area (Å²) in [5.41, 5.74) is 13.3. The first-order chi connectivity index (χ1) is 31.3. The molecule has 0 saturated heterocycles. The van der Waals surface area contributed by atoms with E-state index in [1.807, 2.05) is 0 Å². The first-order valence-corrected chi connectivity index (χ1v) is 21.5. The molecule has 0 bridgehead atoms. The van der Waals surface area contributed by atoms with Gasteiger partial charge < -0.3 is 14.5 Å². The van der Waals surface area contributed by atoms with E-state index in [4.69, 9.17) is 4.74 Å². The highest BCUT2D eigenvalue weighted by molar-refractivity contribution is 6.12. The van der Waals surface area contributed by atoms with Gasteiger partial charge in [-0.15, -0.1) is 0 Å². The average molecular weight is 805 g/mol. The molecule has 0 aliphatic carbocycles. The maximum Gasteiger partial charge on any atom is 0.159 e. The molecule has 1 heterocycles. The van der Waals surface area contributed by atoms with Gasteiger partial charge in [-0.05, 0) is 116 Å². The van der Waals surface area contributed by atoms with Gasteiger partial charge in [0.05, 0.1) is 11.4 Å². The maximum atomic E-state index is 7.09. The summed E-state index contributed by atoms with van der Waals surface area (Å²) in [6.07, 6.45) is 0. The summed E-state index contributed by atoms with van der Waals surface area (Å²) in [4.78, 5) is 4.67. The molecule has 0 radical (unpaired) electrons. The molecule has 63 heavy (non-hydrogen) atoms. The average Bonchev–Trinajstić information content (AvgIpc) is 3.36. The molecule has 12 rings (SSSR count). The third-order valence-electron chi connectivity index (χ3n) is 12.4. The summed E-state index contributed by atoms with van der Waals surface area (Å²) < 4.78 is 7.09. The van der Waals surface area contributed by atoms with Crippen LogP contribution in [0.15, 0.2) is 243 Å². The second kappa shape index (κ2) is 15.3. The van der Waals surface area contributed by atoms with E-state index in [-0.39, 0.29) is 0 Å². The number of benzene rings is 11. The molecular weight excluding hydrogens is 765 g/mol. The molecule has 1 aliphatic rings. The van der Waals surface area contributed by atoms with Crippen molar-refractivity contribution in [3.8, 4) is 44.9 Å². The van der Waals surface area contributed by atoms with E-state index in [1.54, 1.807) is 0 Å². The second-order valence-corrected chi connectivity index (χ2v) is 16.1. The Morgan fingerprint density at radius 1 is 0.270 bits per heavy atom. The molecule has 0 saturated carbocycles. The SMILES string of the molecule is c1ccc(N(c2ccccc2)c2cccc3c2Oc2ccc(N(c4ccc(-c5cccc6ccccc56)cc4)c4ccc(-c5cccc6ccccc56)cc4)c4cccc-3c24)cc1. The lowest BCUT2D eigenvalue weighted by Crippen LogP contribution is -2.13. The van der Waals surface area contributed by atoms with E-state index in [9.17, 15) is 0 Å². The van der Waals surface area contributed by atoms with Crippen LogP contribution in [-0.4, -0.2) is 0 Å². The van der Waals surface area contributed by atoms with Gasteiger partial charge in [-0.2, -0.15) is 0 Å². The zero-order valence-corrected chi connectivity index (χ0v) is 34.4. The van der Waals surface area contributed by atoms with Gasteiger partial charge >= 0.3 is 0 Å². The quantitative estimate of drug-likeness (QED) is 0.152. The standard InChI is InChI=1S/C60H40N2O/c1-3-19-45(20-4-1)62(46-21-5-2-6-22-46)57-30-14-28-54-53-27-13-29-55-56(39-40-58(59(53)55)63-60(54)57)61(47-35-31-43(32-36-47)51-25-11-17-41-15-7-9-23-49(41)51)48-37-33-44(34-38-48)52-26-12-18-42-16-8-10-24-50(42)52/h1-40H. The Kier molecular flexibility index (Phi) is 8.83. The third-order valence-corrected chi connectivity index (χ3v) is 12.4. The van der Waals surface area contributed by atoms with Crippen molar-refractivity contribution in [2.24, 2.45) is 0 Å². The number of anilines is 6. The molecular formula is C60H40N2O. The van der Waals surface area contributed by atoms with Crippen LogP contribution in [0, 0.1) is 0 Å². The molecule has 0 aromatic heterocycles. The molecule has 0 fully saturated rings. The van der Waals surface area contributed by atoms with Gasteiger partial charge in [-0.25, -0.2) is 0 Å². The van der Waals surface area contributed by atoms with Gasteiger partial charge in [0.15, 0.2) is 5.75 Å². The van der Waals surface area contributed by atoms with Gasteiger partial charge in [0, 0.05) is 39.1 Å². The Bertz CT molecular complexity index is 3300. The Morgan fingerprint density at radius 2 is 0.698 bits per heavy atom. The monoisotopic (exact) mass is 804 g/mol. The molecule has 3 heteroatoms. The Hall–Kier alpha value is -8.40. The van der Waals surface area contributed by atoms with Crippen LogP contribution in [0.2, 0.25) is 0 Å². The highest BCUT2D eigenvalue weighted by atomic mass is 16.5. The summed E-state index contributed by atoms with van der Waals surface area (Å²) in [7, 11) is 0. The van der Waals surface area contributed by atoms with Crippen molar-refractivity contribution < 1.29 is 4.74 Å². The van der Waals surface area contributed by atoms with Crippen molar-refractivity contribution in [1.29, 1.82) is 0 Å². The Morgan fingerprint density at radius 3 is 1.29 bits per heavy atom. The van der Waals surface area contributed by atoms with E-state index in [0.717, 1.165) is 67.5 Å². The van der Waals surface area contributed by atoms with Crippen LogP contribution in [0.4, 0.5) is 34.1 Å². The fourth-order valence-electron chi connectivity index (χ4n) is 9.54. The van der Waals surface area contributed by atoms with Gasteiger partial charge in [0.1, 0.15) is 5.75 Å². The smallest absolute Gasteiger partial charge is 0.159 e. The first-order valence-electron chi connectivity index (χ1n) is 21.5. The van der Waals surface area contributed by atoms with Crippen molar-refractivity contribution in [1.82, 2.24) is 0 Å². The van der Waals surface area contributed by atoms with Gasteiger partial charge in [0.2, 0.25) is 0 Å². The molecule has 11 aromatic carbocycles. The van der Waals surface area contributed by atoms with Crippen molar-refractivity contribution in [2.75, 3.05) is 9.80 Å². The van der Waals surface area contributed by atoms with Gasteiger partial charge in [-0.1, -0.05) is 176 Å². The zero-order chi connectivity index (χ0) is 41.7. The lowest BCUT2D eigenvalue weighted by Gasteiger charge is -2.32. The van der Waals surface area contributed by atoms with E-state index in [1.165, 1.54) is 43.8 Å². The van der Waals surface area contributed by atoms with Crippen molar-refractivity contribution in [2.45, 2.75) is 0 Å². The van der Waals surface area contributed by atoms with Crippen molar-refractivity contribution in [3.63, 3.8) is 0 Å². The summed E-state index contributed by atoms with van der Waals surface area (Å²) in [5, 5.41) is 7.17. The van der Waals surface area contributed by atoms with Gasteiger partial charge in [0.25, 0.3) is 0 Å². The minimum absolute atomic E-state index is 0.836. The van der Waals surface area contributed by atoms with E-state index in [0.29, 0.717) is 0 Å². The molecule has 0 unspecified atom stereocenters. The Labute approximate surface area is 367 Å². The minimum atomic E-state index is 0.836. The lowest BCUT2D eigenvalue weighted by molar-refractivity contribution is 0.488. The molecule has 11 aromatic rings. The number of hydrogen-bond donors (Lipinski definition) is 0. The largest absolute Gasteiger partial charge is 0.454 e. The van der Waals surface area contributed by atoms with Crippen molar-refractivity contribution >= 4 is 66.4 Å². The van der Waals surface area contributed by atoms with Crippen LogP contribution in [0.1, 0.15) is 0 Å². The molecule has 296 valence electrons.